The summed E-state index contributed by atoms with van der Waals surface area (Å²) < 4.78 is 42.0. The van der Waals surface area contributed by atoms with Crippen molar-refractivity contribution >= 4 is 61.2 Å². The highest BCUT2D eigenvalue weighted by Gasteiger charge is 2.41. The van der Waals surface area contributed by atoms with Crippen LogP contribution in [0.4, 0.5) is 0 Å². The molecule has 3 nitrogen and oxygen atoms in total. The van der Waals surface area contributed by atoms with Gasteiger partial charge in [0.1, 0.15) is 0 Å². The molecule has 0 aliphatic carbocycles. The molecule has 342 valence electrons. The van der Waals surface area contributed by atoms with Gasteiger partial charge in [0.15, 0.2) is 8.07 Å². The van der Waals surface area contributed by atoms with Crippen LogP contribution in [0.1, 0.15) is 34.1 Å². The molecule has 0 saturated carbocycles. The van der Waals surface area contributed by atoms with Crippen LogP contribution in [0.3, 0.4) is 0 Å². The SMILES string of the molecule is O=S(c1ccccc1)c1ccc(C(c2ccc(S(=O)c3ccc([Si](c4ccccc4)(c4ccccc4)c4ccc(S(=O)c5ccccc5)cc4)cc3)cc2)C(Cc2ccccc2)c2ccccc2)cc1. The summed E-state index contributed by atoms with van der Waals surface area (Å²) in [4.78, 5) is 4.49. The molecule has 0 spiro atoms. The van der Waals surface area contributed by atoms with E-state index in [9.17, 15) is 12.6 Å². The Labute approximate surface area is 420 Å². The minimum absolute atomic E-state index is 0.0648. The van der Waals surface area contributed by atoms with Crippen molar-refractivity contribution in [1.29, 1.82) is 0 Å². The third-order valence-electron chi connectivity index (χ3n) is 13.2. The van der Waals surface area contributed by atoms with Crippen LogP contribution in [-0.4, -0.2) is 20.7 Å². The molecule has 0 saturated heterocycles. The van der Waals surface area contributed by atoms with Crippen molar-refractivity contribution in [2.24, 2.45) is 0 Å². The van der Waals surface area contributed by atoms with Gasteiger partial charge in [-0.05, 0) is 128 Å². The lowest BCUT2D eigenvalue weighted by molar-refractivity contribution is 0.599. The van der Waals surface area contributed by atoms with E-state index in [1.807, 2.05) is 109 Å². The molecule has 10 rings (SSSR count). The second-order valence-corrected chi connectivity index (χ2v) is 25.5. The molecule has 0 radical (unpaired) electrons. The molecule has 0 N–H and O–H groups in total. The summed E-state index contributed by atoms with van der Waals surface area (Å²) in [5.41, 5.74) is 4.70. The van der Waals surface area contributed by atoms with Crippen molar-refractivity contribution in [3.05, 3.63) is 301 Å². The average molecular weight is 979 g/mol. The van der Waals surface area contributed by atoms with E-state index < -0.39 is 40.5 Å². The van der Waals surface area contributed by atoms with Gasteiger partial charge in [-0.1, -0.05) is 206 Å². The minimum atomic E-state index is -2.94. The molecular weight excluding hydrogens is 929 g/mol. The molecule has 0 aliphatic rings. The minimum Gasteiger partial charge on any atom is -0.249 e. The first-order chi connectivity index (χ1) is 34.5. The van der Waals surface area contributed by atoms with E-state index in [4.69, 9.17) is 0 Å². The second-order valence-electron chi connectivity index (χ2n) is 17.3. The van der Waals surface area contributed by atoms with Gasteiger partial charge in [0.2, 0.25) is 0 Å². The van der Waals surface area contributed by atoms with Crippen LogP contribution >= 0.6 is 0 Å². The van der Waals surface area contributed by atoms with Crippen molar-refractivity contribution in [3.63, 3.8) is 0 Å². The maximum Gasteiger partial charge on any atom is 0.179 e. The largest absolute Gasteiger partial charge is 0.249 e. The van der Waals surface area contributed by atoms with E-state index in [2.05, 4.69) is 170 Å². The standard InChI is InChI=1S/C63H50O3S3Si/c64-67(52-23-11-3-12-24-52)54-35-31-50(32-36-54)63(62(49-21-9-2-10-22-49)47-48-19-7-1-8-20-48)51-33-37-55(38-34-51)69(66)57-41-45-61(46-42-57)70(58-27-15-5-16-28-58,59-29-17-6-18-30-59)60-43-39-56(40-44-60)68(65)53-25-13-4-14-26-53/h1-46,62-63H,47H2. The third kappa shape index (κ3) is 9.84. The monoisotopic (exact) mass is 978 g/mol. The summed E-state index contributed by atoms with van der Waals surface area (Å²) in [7, 11) is -7.02. The van der Waals surface area contributed by atoms with Crippen LogP contribution in [-0.2, 0) is 38.8 Å². The zero-order chi connectivity index (χ0) is 47.7. The van der Waals surface area contributed by atoms with Gasteiger partial charge in [-0.3, -0.25) is 0 Å². The van der Waals surface area contributed by atoms with Crippen LogP contribution < -0.4 is 20.7 Å². The average Bonchev–Trinajstić information content (AvgIpc) is 3.45. The quantitative estimate of drug-likeness (QED) is 0.0716. The molecule has 10 aromatic rings. The van der Waals surface area contributed by atoms with Crippen molar-refractivity contribution < 1.29 is 12.6 Å². The highest BCUT2D eigenvalue weighted by atomic mass is 32.2. The highest BCUT2D eigenvalue weighted by molar-refractivity contribution is 7.85. The van der Waals surface area contributed by atoms with Gasteiger partial charge in [0, 0.05) is 35.3 Å². The molecule has 70 heavy (non-hydrogen) atoms. The van der Waals surface area contributed by atoms with Gasteiger partial charge in [0.25, 0.3) is 0 Å². The molecular formula is C63H50O3S3Si. The lowest BCUT2D eigenvalue weighted by atomic mass is 9.74. The summed E-state index contributed by atoms with van der Waals surface area (Å²) >= 11 is 0. The normalized spacial score (nSPS) is 13.7. The topological polar surface area (TPSA) is 51.2 Å². The smallest absolute Gasteiger partial charge is 0.179 e. The summed E-state index contributed by atoms with van der Waals surface area (Å²) in [5, 5.41) is 4.76. The Morgan fingerprint density at radius 3 is 0.900 bits per heavy atom. The maximum absolute atomic E-state index is 14.7. The Balaban J connectivity index is 1.00. The van der Waals surface area contributed by atoms with Gasteiger partial charge in [-0.15, -0.1) is 0 Å². The lowest BCUT2D eigenvalue weighted by Crippen LogP contribution is -2.74. The molecule has 10 aromatic carbocycles. The molecule has 0 aromatic heterocycles. The van der Waals surface area contributed by atoms with Gasteiger partial charge >= 0.3 is 0 Å². The lowest BCUT2D eigenvalue weighted by Gasteiger charge is -2.34. The van der Waals surface area contributed by atoms with Crippen LogP contribution in [0.5, 0.6) is 0 Å². The maximum atomic E-state index is 14.7. The molecule has 5 atom stereocenters. The molecule has 7 heteroatoms. The summed E-state index contributed by atoms with van der Waals surface area (Å²) in [6.45, 7) is 0. The van der Waals surface area contributed by atoms with Crippen molar-refractivity contribution in [1.82, 2.24) is 0 Å². The Kier molecular flexibility index (Phi) is 14.4. The predicted octanol–water partition coefficient (Wildman–Crippen LogP) is 11.7. The number of rotatable bonds is 16. The van der Waals surface area contributed by atoms with E-state index in [0.717, 1.165) is 57.3 Å². The zero-order valence-corrected chi connectivity index (χ0v) is 41.8. The van der Waals surface area contributed by atoms with Gasteiger partial charge in [0.05, 0.1) is 32.4 Å². The van der Waals surface area contributed by atoms with E-state index in [1.54, 1.807) is 0 Å². The fraction of sp³-hybridized carbons (Fsp3) is 0.0476. The Bertz CT molecular complexity index is 3300. The molecule has 0 heterocycles. The third-order valence-corrected chi connectivity index (χ3v) is 22.2. The van der Waals surface area contributed by atoms with Crippen LogP contribution in [0.25, 0.3) is 0 Å². The first-order valence-corrected chi connectivity index (χ1v) is 28.9. The predicted molar refractivity (Wildman–Crippen MR) is 291 cm³/mol. The fourth-order valence-corrected chi connectivity index (χ4v) is 17.7. The van der Waals surface area contributed by atoms with E-state index in [1.165, 1.54) is 21.5 Å². The van der Waals surface area contributed by atoms with E-state index in [0.29, 0.717) is 0 Å². The van der Waals surface area contributed by atoms with E-state index >= 15 is 0 Å². The fourth-order valence-electron chi connectivity index (χ4n) is 9.78. The first-order valence-electron chi connectivity index (χ1n) is 23.4. The van der Waals surface area contributed by atoms with Crippen molar-refractivity contribution in [2.45, 2.75) is 47.6 Å². The number of hydrogen-bond donors (Lipinski definition) is 0. The molecule has 0 bridgehead atoms. The van der Waals surface area contributed by atoms with Crippen LogP contribution in [0.15, 0.2) is 308 Å². The number of hydrogen-bond acceptors (Lipinski definition) is 3. The van der Waals surface area contributed by atoms with Gasteiger partial charge in [-0.2, -0.15) is 0 Å². The first kappa shape index (κ1) is 46.6. The zero-order valence-electron chi connectivity index (χ0n) is 38.4. The Morgan fingerprint density at radius 1 is 0.271 bits per heavy atom. The van der Waals surface area contributed by atoms with Crippen LogP contribution in [0.2, 0.25) is 0 Å². The second kappa shape index (κ2) is 21.7. The summed E-state index contributed by atoms with van der Waals surface area (Å²) in [6.07, 6.45) is 0.807. The number of benzene rings is 10. The molecule has 5 unspecified atom stereocenters. The van der Waals surface area contributed by atoms with Gasteiger partial charge < -0.3 is 0 Å². The Morgan fingerprint density at radius 2 is 0.543 bits per heavy atom. The van der Waals surface area contributed by atoms with E-state index in [-0.39, 0.29) is 11.8 Å². The molecule has 0 aliphatic heterocycles. The molecule has 0 fully saturated rings. The van der Waals surface area contributed by atoms with Gasteiger partial charge in [-0.25, -0.2) is 12.6 Å². The highest BCUT2D eigenvalue weighted by Crippen LogP contribution is 2.41. The van der Waals surface area contributed by atoms with Crippen molar-refractivity contribution in [3.8, 4) is 0 Å². The molecule has 0 amide bonds. The van der Waals surface area contributed by atoms with Crippen LogP contribution in [0, 0.1) is 0 Å². The Hall–Kier alpha value is -7.13. The van der Waals surface area contributed by atoms with Crippen molar-refractivity contribution in [2.75, 3.05) is 0 Å². The summed E-state index contributed by atoms with van der Waals surface area (Å²) in [5.74, 6) is 0.00359. The summed E-state index contributed by atoms with van der Waals surface area (Å²) in [6, 6.07) is 95.2.